The monoisotopic (exact) mass is 286 g/mol. The molecule has 3 rings (SSSR count). The van der Waals surface area contributed by atoms with Gasteiger partial charge in [0.1, 0.15) is 0 Å². The molecule has 1 aromatic carbocycles. The average molecular weight is 286 g/mol. The van der Waals surface area contributed by atoms with E-state index in [-0.39, 0.29) is 0 Å². The molecule has 1 aliphatic carbocycles. The minimum Gasteiger partial charge on any atom is -0.310 e. The Balaban J connectivity index is 1.54. The van der Waals surface area contributed by atoms with E-state index in [2.05, 4.69) is 55.3 Å². The van der Waals surface area contributed by atoms with Gasteiger partial charge in [-0.05, 0) is 48.3 Å². The Bertz CT molecular complexity index is 471. The molecule has 0 radical (unpaired) electrons. The van der Waals surface area contributed by atoms with E-state index in [4.69, 9.17) is 0 Å². The van der Waals surface area contributed by atoms with Crippen molar-refractivity contribution in [1.29, 1.82) is 0 Å². The van der Waals surface area contributed by atoms with Crippen LogP contribution in [-0.2, 0) is 13.1 Å². The van der Waals surface area contributed by atoms with Gasteiger partial charge in [-0.1, -0.05) is 45.0 Å². The highest BCUT2D eigenvalue weighted by molar-refractivity contribution is 5.23. The van der Waals surface area contributed by atoms with Crippen molar-refractivity contribution in [3.05, 3.63) is 35.4 Å². The van der Waals surface area contributed by atoms with Crippen LogP contribution >= 0.6 is 0 Å². The standard InChI is InChI=1S/C19H30N2/c1-19(2,3)17-9-10-21(14-17)13-16-6-4-5-15(11-16)12-20-18-7-8-18/h4-6,11,17-18,20H,7-10,12-14H2,1-3H3. The first-order valence-electron chi connectivity index (χ1n) is 8.54. The highest BCUT2D eigenvalue weighted by Gasteiger charge is 2.31. The zero-order chi connectivity index (χ0) is 14.9. The molecule has 0 spiro atoms. The van der Waals surface area contributed by atoms with Crippen LogP contribution in [0.25, 0.3) is 0 Å². The van der Waals surface area contributed by atoms with Crippen LogP contribution in [0.2, 0.25) is 0 Å². The maximum absolute atomic E-state index is 3.61. The Labute approximate surface area is 129 Å². The summed E-state index contributed by atoms with van der Waals surface area (Å²) in [7, 11) is 0. The van der Waals surface area contributed by atoms with E-state index >= 15 is 0 Å². The first-order chi connectivity index (χ1) is 10.0. The molecule has 2 fully saturated rings. The van der Waals surface area contributed by atoms with Gasteiger partial charge in [0.2, 0.25) is 0 Å². The van der Waals surface area contributed by atoms with E-state index in [9.17, 15) is 0 Å². The lowest BCUT2D eigenvalue weighted by Gasteiger charge is -2.27. The van der Waals surface area contributed by atoms with Crippen molar-refractivity contribution >= 4 is 0 Å². The topological polar surface area (TPSA) is 15.3 Å². The van der Waals surface area contributed by atoms with Crippen molar-refractivity contribution in [3.8, 4) is 0 Å². The fraction of sp³-hybridized carbons (Fsp3) is 0.684. The summed E-state index contributed by atoms with van der Waals surface area (Å²) < 4.78 is 0. The zero-order valence-corrected chi connectivity index (χ0v) is 13.9. The predicted octanol–water partition coefficient (Wildman–Crippen LogP) is 3.81. The maximum atomic E-state index is 3.61. The first kappa shape index (κ1) is 15.1. The first-order valence-corrected chi connectivity index (χ1v) is 8.54. The molecule has 1 saturated carbocycles. The van der Waals surface area contributed by atoms with Gasteiger partial charge in [-0.15, -0.1) is 0 Å². The molecule has 0 amide bonds. The van der Waals surface area contributed by atoms with Gasteiger partial charge in [-0.2, -0.15) is 0 Å². The van der Waals surface area contributed by atoms with Gasteiger partial charge < -0.3 is 5.32 Å². The van der Waals surface area contributed by atoms with Gasteiger partial charge in [0, 0.05) is 25.7 Å². The highest BCUT2D eigenvalue weighted by Crippen LogP contribution is 2.34. The van der Waals surface area contributed by atoms with Gasteiger partial charge in [-0.3, -0.25) is 4.90 Å². The largest absolute Gasteiger partial charge is 0.310 e. The summed E-state index contributed by atoms with van der Waals surface area (Å²) in [6.45, 7) is 11.8. The third-order valence-corrected chi connectivity index (χ3v) is 5.07. The Morgan fingerprint density at radius 3 is 2.57 bits per heavy atom. The number of hydrogen-bond acceptors (Lipinski definition) is 2. The van der Waals surface area contributed by atoms with Crippen LogP contribution in [0.3, 0.4) is 0 Å². The van der Waals surface area contributed by atoms with Crippen LogP contribution in [0.5, 0.6) is 0 Å². The Morgan fingerprint density at radius 1 is 1.14 bits per heavy atom. The predicted molar refractivity (Wildman–Crippen MR) is 89.1 cm³/mol. The van der Waals surface area contributed by atoms with Crippen LogP contribution < -0.4 is 5.32 Å². The second-order valence-electron chi connectivity index (χ2n) is 8.06. The number of nitrogens with zero attached hydrogens (tertiary/aromatic N) is 1. The van der Waals surface area contributed by atoms with E-state index in [1.807, 2.05) is 0 Å². The Morgan fingerprint density at radius 2 is 1.90 bits per heavy atom. The summed E-state index contributed by atoms with van der Waals surface area (Å²) in [5, 5.41) is 3.61. The van der Waals surface area contributed by atoms with Gasteiger partial charge in [0.05, 0.1) is 0 Å². The molecular weight excluding hydrogens is 256 g/mol. The fourth-order valence-corrected chi connectivity index (χ4v) is 3.33. The summed E-state index contributed by atoms with van der Waals surface area (Å²) in [6, 6.07) is 9.93. The average Bonchev–Trinajstić information content (AvgIpc) is 3.14. The molecule has 1 aliphatic heterocycles. The van der Waals surface area contributed by atoms with Crippen molar-refractivity contribution < 1.29 is 0 Å². The lowest BCUT2D eigenvalue weighted by molar-refractivity contribution is 0.226. The quantitative estimate of drug-likeness (QED) is 0.885. The lowest BCUT2D eigenvalue weighted by atomic mass is 9.80. The number of benzene rings is 1. The van der Waals surface area contributed by atoms with Gasteiger partial charge in [0.15, 0.2) is 0 Å². The number of hydrogen-bond donors (Lipinski definition) is 1. The molecule has 0 aromatic heterocycles. The van der Waals surface area contributed by atoms with Crippen LogP contribution in [0.4, 0.5) is 0 Å². The third kappa shape index (κ3) is 4.31. The molecule has 1 atom stereocenters. The second kappa shape index (κ2) is 6.10. The Kier molecular flexibility index (Phi) is 4.37. The minimum absolute atomic E-state index is 0.449. The molecule has 116 valence electrons. The maximum Gasteiger partial charge on any atom is 0.0233 e. The number of nitrogens with one attached hydrogen (secondary N) is 1. The molecule has 1 N–H and O–H groups in total. The third-order valence-electron chi connectivity index (χ3n) is 5.07. The van der Waals surface area contributed by atoms with Crippen molar-refractivity contribution in [3.63, 3.8) is 0 Å². The van der Waals surface area contributed by atoms with E-state index < -0.39 is 0 Å². The molecule has 2 heteroatoms. The molecule has 21 heavy (non-hydrogen) atoms. The molecule has 1 aromatic rings. The van der Waals surface area contributed by atoms with Crippen LogP contribution in [0.1, 0.15) is 51.2 Å². The van der Waals surface area contributed by atoms with Gasteiger partial charge in [-0.25, -0.2) is 0 Å². The number of rotatable bonds is 5. The number of likely N-dealkylation sites (tertiary alicyclic amines) is 1. The van der Waals surface area contributed by atoms with Gasteiger partial charge >= 0.3 is 0 Å². The minimum atomic E-state index is 0.449. The Hall–Kier alpha value is -0.860. The molecule has 0 bridgehead atoms. The summed E-state index contributed by atoms with van der Waals surface area (Å²) in [6.07, 6.45) is 4.08. The second-order valence-corrected chi connectivity index (χ2v) is 8.06. The van der Waals surface area contributed by atoms with Crippen molar-refractivity contribution in [2.45, 2.75) is 59.2 Å². The van der Waals surface area contributed by atoms with Crippen LogP contribution in [0, 0.1) is 11.3 Å². The van der Waals surface area contributed by atoms with E-state index in [0.717, 1.165) is 25.0 Å². The zero-order valence-electron chi connectivity index (χ0n) is 13.9. The normalized spacial score (nSPS) is 23.7. The molecular formula is C19H30N2. The smallest absolute Gasteiger partial charge is 0.0233 e. The highest BCUT2D eigenvalue weighted by atomic mass is 15.1. The summed E-state index contributed by atoms with van der Waals surface area (Å²) in [5.41, 5.74) is 3.36. The van der Waals surface area contributed by atoms with E-state index in [1.165, 1.54) is 43.5 Å². The van der Waals surface area contributed by atoms with Crippen molar-refractivity contribution in [2.75, 3.05) is 13.1 Å². The van der Waals surface area contributed by atoms with Crippen LogP contribution in [0.15, 0.2) is 24.3 Å². The van der Waals surface area contributed by atoms with Crippen molar-refractivity contribution in [2.24, 2.45) is 11.3 Å². The summed E-state index contributed by atoms with van der Waals surface area (Å²) in [5.74, 6) is 0.845. The lowest BCUT2D eigenvalue weighted by Crippen LogP contribution is -2.25. The molecule has 1 unspecified atom stereocenters. The summed E-state index contributed by atoms with van der Waals surface area (Å²) >= 11 is 0. The SMILES string of the molecule is CC(C)(C)C1CCN(Cc2cccc(CNC3CC3)c2)C1. The molecule has 2 aliphatic rings. The molecule has 1 saturated heterocycles. The molecule has 1 heterocycles. The molecule has 2 nitrogen and oxygen atoms in total. The van der Waals surface area contributed by atoms with Gasteiger partial charge in [0.25, 0.3) is 0 Å². The van der Waals surface area contributed by atoms with E-state index in [1.54, 1.807) is 0 Å². The fourth-order valence-electron chi connectivity index (χ4n) is 3.33. The van der Waals surface area contributed by atoms with E-state index in [0.29, 0.717) is 5.41 Å². The summed E-state index contributed by atoms with van der Waals surface area (Å²) in [4.78, 5) is 2.63. The van der Waals surface area contributed by atoms with Crippen LogP contribution in [-0.4, -0.2) is 24.0 Å². The van der Waals surface area contributed by atoms with Crippen molar-refractivity contribution in [1.82, 2.24) is 10.2 Å².